The summed E-state index contributed by atoms with van der Waals surface area (Å²) in [6.07, 6.45) is 0. The van der Waals surface area contributed by atoms with E-state index in [1.165, 1.54) is 14.2 Å². The number of methoxy groups -OCH3 is 2. The maximum atomic E-state index is 14.3. The Labute approximate surface area is 255 Å². The normalized spacial score (nSPS) is 16.2. The zero-order valence-electron chi connectivity index (χ0n) is 25.2. The molecule has 0 spiro atoms. The van der Waals surface area contributed by atoms with Crippen molar-refractivity contribution in [3.05, 3.63) is 132 Å². The van der Waals surface area contributed by atoms with E-state index in [1.807, 2.05) is 72.8 Å². The molecule has 0 aliphatic carbocycles. The summed E-state index contributed by atoms with van der Waals surface area (Å²) in [4.78, 5) is 28.3. The second kappa shape index (κ2) is 12.8. The first-order chi connectivity index (χ1) is 20.7. The Hall–Kier alpha value is -3.91. The molecule has 220 valence electrons. The quantitative estimate of drug-likeness (QED) is 0.211. The van der Waals surface area contributed by atoms with E-state index in [2.05, 4.69) is 74.6 Å². The van der Waals surface area contributed by atoms with Gasteiger partial charge in [-0.3, -0.25) is 4.79 Å². The lowest BCUT2D eigenvalue weighted by Gasteiger charge is -2.36. The second-order valence-electron chi connectivity index (χ2n) is 11.3. The first-order valence-corrected chi connectivity index (χ1v) is 17.3. The van der Waals surface area contributed by atoms with E-state index in [0.717, 1.165) is 32.0 Å². The number of carbonyl (C=O) groups is 2. The number of hydrogen-bond donors (Lipinski definition) is 1. The highest BCUT2D eigenvalue weighted by atomic mass is 31.2. The number of nitrogens with one attached hydrogen (secondary N) is 1. The van der Waals surface area contributed by atoms with Crippen LogP contribution in [-0.4, -0.2) is 37.0 Å². The lowest BCUT2D eigenvalue weighted by molar-refractivity contribution is -0.143. The number of ether oxygens (including phenoxy) is 2. The Bertz CT molecular complexity index is 1600. The van der Waals surface area contributed by atoms with Crippen molar-refractivity contribution < 1.29 is 19.1 Å². The lowest BCUT2D eigenvalue weighted by atomic mass is 9.99. The van der Waals surface area contributed by atoms with Crippen LogP contribution in [0.5, 0.6) is 0 Å². The second-order valence-corrected chi connectivity index (χ2v) is 17.1. The molecule has 1 N–H and O–H groups in total. The average Bonchev–Trinajstić information content (AvgIpc) is 3.32. The fourth-order valence-electron chi connectivity index (χ4n) is 5.79. The minimum Gasteiger partial charge on any atom is -0.468 e. The van der Waals surface area contributed by atoms with Crippen molar-refractivity contribution in [2.45, 2.75) is 26.3 Å². The van der Waals surface area contributed by atoms with Gasteiger partial charge in [-0.25, -0.2) is 4.79 Å². The first-order valence-electron chi connectivity index (χ1n) is 14.2. The number of hydrogen-bond acceptors (Lipinski definition) is 5. The molecule has 1 heterocycles. The van der Waals surface area contributed by atoms with E-state index in [9.17, 15) is 9.59 Å². The highest BCUT2D eigenvalue weighted by Crippen LogP contribution is 2.72. The minimum atomic E-state index is -3.01. The topological polar surface area (TPSA) is 64.6 Å². The molecule has 0 saturated heterocycles. The molecule has 0 aromatic heterocycles. The third-order valence-electron chi connectivity index (χ3n) is 7.35. The summed E-state index contributed by atoms with van der Waals surface area (Å²) in [6, 6.07) is 41.1. The molecule has 0 unspecified atom stereocenters. The van der Waals surface area contributed by atoms with Crippen LogP contribution in [0.2, 0.25) is 0 Å². The zero-order chi connectivity index (χ0) is 30.6. The average molecular weight is 610 g/mol. The molecule has 43 heavy (non-hydrogen) atoms. The maximum absolute atomic E-state index is 14.3. The van der Waals surface area contributed by atoms with E-state index >= 15 is 0 Å². The Balaban J connectivity index is 2.10. The molecule has 4 aromatic carbocycles. The molecular weight excluding hydrogens is 572 g/mol. The van der Waals surface area contributed by atoms with Crippen molar-refractivity contribution >= 4 is 53.3 Å². The minimum absolute atomic E-state index is 0.431. The standard InChI is InChI=1S/C36H37NO4P2/c1-36(2,3)37-31-30(33(38)40-4)32(34(39)41-5)43(28-22-14-8-15-23-28,29-24-16-9-17-25-29)35(31)42(26-18-10-6-11-19-26)27-20-12-7-13-21-27/h6-25,30,37H,1-5H3/t30-/m0/s1. The van der Waals surface area contributed by atoms with Crippen LogP contribution >= 0.6 is 14.8 Å². The van der Waals surface area contributed by atoms with Crippen LogP contribution < -0.4 is 26.5 Å². The number of benzene rings is 4. The molecule has 1 aliphatic rings. The molecule has 7 heteroatoms. The SMILES string of the molecule is COC(=O)C1=P(c2ccccc2)(c2ccccc2)C(P(c2ccccc2)c2ccccc2)=C(NC(C)(C)C)[C@@H]1C(=O)OC. The summed E-state index contributed by atoms with van der Waals surface area (Å²) in [5.41, 5.74) is 0.287. The van der Waals surface area contributed by atoms with Gasteiger partial charge in [0.1, 0.15) is 5.92 Å². The predicted molar refractivity (Wildman–Crippen MR) is 181 cm³/mol. The molecule has 0 amide bonds. The molecule has 0 fully saturated rings. The largest absolute Gasteiger partial charge is 0.468 e. The Kier molecular flexibility index (Phi) is 9.06. The van der Waals surface area contributed by atoms with E-state index in [1.54, 1.807) is 0 Å². The Morgan fingerprint density at radius 1 is 0.674 bits per heavy atom. The molecular formula is C36H37NO4P2. The molecule has 0 radical (unpaired) electrons. The van der Waals surface area contributed by atoms with Crippen molar-refractivity contribution in [3.8, 4) is 0 Å². The lowest BCUT2D eigenvalue weighted by Crippen LogP contribution is -2.42. The summed E-state index contributed by atoms with van der Waals surface area (Å²) in [7, 11) is 1.51. The van der Waals surface area contributed by atoms with Crippen molar-refractivity contribution in [1.82, 2.24) is 5.32 Å². The fraction of sp³-hybridized carbons (Fsp3) is 0.194. The van der Waals surface area contributed by atoms with Crippen molar-refractivity contribution in [2.75, 3.05) is 14.2 Å². The van der Waals surface area contributed by atoms with E-state index in [0.29, 0.717) is 5.29 Å². The fourth-order valence-corrected chi connectivity index (χ4v) is 15.2. The predicted octanol–water partition coefficient (Wildman–Crippen LogP) is 5.49. The van der Waals surface area contributed by atoms with E-state index < -0.39 is 38.2 Å². The maximum Gasteiger partial charge on any atom is 0.336 e. The van der Waals surface area contributed by atoms with Crippen LogP contribution in [0.25, 0.3) is 0 Å². The van der Waals surface area contributed by atoms with Gasteiger partial charge in [0.05, 0.1) is 19.5 Å². The van der Waals surface area contributed by atoms with Gasteiger partial charge in [-0.1, -0.05) is 121 Å². The van der Waals surface area contributed by atoms with Gasteiger partial charge in [0, 0.05) is 16.3 Å². The Morgan fingerprint density at radius 3 is 1.47 bits per heavy atom. The van der Waals surface area contributed by atoms with Gasteiger partial charge in [0.2, 0.25) is 0 Å². The van der Waals surface area contributed by atoms with Crippen LogP contribution in [0.1, 0.15) is 20.8 Å². The van der Waals surface area contributed by atoms with Crippen LogP contribution in [0, 0.1) is 5.92 Å². The van der Waals surface area contributed by atoms with Gasteiger partial charge in [0.15, 0.2) is 0 Å². The molecule has 5 nitrogen and oxygen atoms in total. The molecule has 1 atom stereocenters. The number of carbonyl (C=O) groups excluding carboxylic acids is 2. The van der Waals surface area contributed by atoms with Crippen molar-refractivity contribution in [2.24, 2.45) is 5.92 Å². The zero-order valence-corrected chi connectivity index (χ0v) is 26.9. The highest BCUT2D eigenvalue weighted by Gasteiger charge is 2.53. The summed E-state index contributed by atoms with van der Waals surface area (Å²) < 4.78 is 11.1. The molecule has 1 aliphatic heterocycles. The van der Waals surface area contributed by atoms with Crippen LogP contribution in [0.4, 0.5) is 0 Å². The van der Waals surface area contributed by atoms with Gasteiger partial charge in [0.25, 0.3) is 0 Å². The molecule has 5 rings (SSSR count). The smallest absolute Gasteiger partial charge is 0.336 e. The summed E-state index contributed by atoms with van der Waals surface area (Å²) in [5.74, 6) is -1.97. The number of esters is 2. The number of rotatable bonds is 8. The summed E-state index contributed by atoms with van der Waals surface area (Å²) in [6.45, 7) is 3.20. The van der Waals surface area contributed by atoms with Gasteiger partial charge < -0.3 is 14.8 Å². The van der Waals surface area contributed by atoms with Gasteiger partial charge in [-0.2, -0.15) is 0 Å². The summed E-state index contributed by atoms with van der Waals surface area (Å²) >= 11 is 0. The van der Waals surface area contributed by atoms with Crippen LogP contribution in [0.15, 0.2) is 132 Å². The van der Waals surface area contributed by atoms with Gasteiger partial charge in [-0.05, 0) is 56.8 Å². The monoisotopic (exact) mass is 609 g/mol. The van der Waals surface area contributed by atoms with Crippen molar-refractivity contribution in [3.63, 3.8) is 0 Å². The third-order valence-corrected chi connectivity index (χ3v) is 15.3. The van der Waals surface area contributed by atoms with Crippen molar-refractivity contribution in [1.29, 1.82) is 0 Å². The van der Waals surface area contributed by atoms with E-state index in [4.69, 9.17) is 9.47 Å². The first kappa shape index (κ1) is 30.5. The molecule has 4 aromatic rings. The molecule has 0 saturated carbocycles. The van der Waals surface area contributed by atoms with Crippen LogP contribution in [0.3, 0.4) is 0 Å². The van der Waals surface area contributed by atoms with Gasteiger partial charge in [-0.15, -0.1) is 0 Å². The third kappa shape index (κ3) is 5.73. The van der Waals surface area contributed by atoms with Gasteiger partial charge >= 0.3 is 11.9 Å². The van der Waals surface area contributed by atoms with Crippen LogP contribution in [-0.2, 0) is 19.1 Å². The summed E-state index contributed by atoms with van der Waals surface area (Å²) in [5, 5.41) is 9.45. The highest BCUT2D eigenvalue weighted by molar-refractivity contribution is 8.05. The van der Waals surface area contributed by atoms with E-state index in [-0.39, 0.29) is 0 Å². The Morgan fingerprint density at radius 2 is 1.09 bits per heavy atom. The molecule has 0 bridgehead atoms.